The molecule has 20 heavy (non-hydrogen) atoms. The van der Waals surface area contributed by atoms with Crippen molar-refractivity contribution in [1.82, 2.24) is 5.32 Å². The minimum atomic E-state index is -1.10. The number of para-hydroxylation sites is 1. The van der Waals surface area contributed by atoms with Crippen molar-refractivity contribution in [3.05, 3.63) is 29.8 Å². The summed E-state index contributed by atoms with van der Waals surface area (Å²) in [6, 6.07) is 5.92. The van der Waals surface area contributed by atoms with E-state index in [0.29, 0.717) is 5.69 Å². The second kappa shape index (κ2) is 5.42. The van der Waals surface area contributed by atoms with Crippen molar-refractivity contribution in [2.45, 2.75) is 26.1 Å². The first-order valence-electron chi connectivity index (χ1n) is 6.28. The maximum Gasteiger partial charge on any atom is 0.342 e. The lowest BCUT2D eigenvalue weighted by Crippen LogP contribution is -2.51. The highest BCUT2D eigenvalue weighted by molar-refractivity contribution is 6.10. The molecular weight excluding hydrogens is 260 g/mol. The number of nitrogens with zero attached hydrogens (tertiary/aromatic N) is 1. The Hall–Kier alpha value is -2.21. The van der Waals surface area contributed by atoms with Gasteiger partial charge in [-0.1, -0.05) is 12.1 Å². The molecule has 2 atom stereocenters. The first-order valence-corrected chi connectivity index (χ1v) is 6.28. The fourth-order valence-electron chi connectivity index (χ4n) is 2.09. The average Bonchev–Trinajstić information content (AvgIpc) is 2.54. The minimum absolute atomic E-state index is 0.169. The predicted octanol–water partition coefficient (Wildman–Crippen LogP) is 0.713. The lowest BCUT2D eigenvalue weighted by molar-refractivity contribution is -0.130. The quantitative estimate of drug-likeness (QED) is 0.823. The van der Waals surface area contributed by atoms with E-state index in [2.05, 4.69) is 5.32 Å². The van der Waals surface area contributed by atoms with Crippen molar-refractivity contribution in [3.8, 4) is 0 Å². The van der Waals surface area contributed by atoms with Gasteiger partial charge >= 0.3 is 5.97 Å². The Morgan fingerprint density at radius 3 is 2.60 bits per heavy atom. The monoisotopic (exact) mass is 276 g/mol. The van der Waals surface area contributed by atoms with Crippen LogP contribution in [-0.2, 0) is 14.3 Å². The molecule has 1 aliphatic heterocycles. The molecular formula is C14H16N2O4. The van der Waals surface area contributed by atoms with E-state index in [1.807, 2.05) is 0 Å². The molecule has 1 aromatic rings. The largest absolute Gasteiger partial charge is 0.433 e. The number of esters is 1. The van der Waals surface area contributed by atoms with E-state index in [1.165, 1.54) is 18.9 Å². The van der Waals surface area contributed by atoms with Gasteiger partial charge in [0, 0.05) is 0 Å². The molecule has 1 heterocycles. The number of fused-ring (bicyclic) bond motifs is 1. The Morgan fingerprint density at radius 2 is 2.00 bits per heavy atom. The van der Waals surface area contributed by atoms with Crippen molar-refractivity contribution in [3.63, 3.8) is 0 Å². The summed E-state index contributed by atoms with van der Waals surface area (Å²) in [5.74, 6) is -1.22. The first kappa shape index (κ1) is 14.2. The second-order valence-corrected chi connectivity index (χ2v) is 4.59. The standard InChI is InChI=1S/C14H16N2O4/c1-8(9(2)17)16-11-7-5-4-6-10(11)14(19)20-12(15-3)13(16)18/h4-8,12,15H,1-3H3. The van der Waals surface area contributed by atoms with Gasteiger partial charge in [0.15, 0.2) is 5.78 Å². The summed E-state index contributed by atoms with van der Waals surface area (Å²) in [5.41, 5.74) is 0.662. The predicted molar refractivity (Wildman–Crippen MR) is 72.3 cm³/mol. The molecule has 2 unspecified atom stereocenters. The molecule has 0 bridgehead atoms. The third kappa shape index (κ3) is 2.30. The highest BCUT2D eigenvalue weighted by atomic mass is 16.6. The summed E-state index contributed by atoms with van der Waals surface area (Å²) in [4.78, 5) is 37.5. The number of anilines is 1. The summed E-state index contributed by atoms with van der Waals surface area (Å²) in [6.45, 7) is 3.03. The molecule has 2 rings (SSSR count). The molecule has 0 aliphatic carbocycles. The van der Waals surface area contributed by atoms with Crippen LogP contribution in [0.1, 0.15) is 24.2 Å². The van der Waals surface area contributed by atoms with Crippen molar-refractivity contribution in [1.29, 1.82) is 0 Å². The van der Waals surface area contributed by atoms with Crippen LogP contribution in [0.25, 0.3) is 0 Å². The van der Waals surface area contributed by atoms with Gasteiger partial charge in [0.25, 0.3) is 5.91 Å². The molecule has 6 nitrogen and oxygen atoms in total. The lowest BCUT2D eigenvalue weighted by atomic mass is 10.1. The van der Waals surface area contributed by atoms with Crippen molar-refractivity contribution < 1.29 is 19.1 Å². The van der Waals surface area contributed by atoms with Crippen molar-refractivity contribution in [2.75, 3.05) is 11.9 Å². The fraction of sp³-hybridized carbons (Fsp3) is 0.357. The van der Waals surface area contributed by atoms with E-state index < -0.39 is 24.1 Å². The van der Waals surface area contributed by atoms with Gasteiger partial charge in [-0.15, -0.1) is 0 Å². The van der Waals surface area contributed by atoms with Gasteiger partial charge in [0.2, 0.25) is 6.23 Å². The summed E-state index contributed by atoms with van der Waals surface area (Å²) >= 11 is 0. The molecule has 0 radical (unpaired) electrons. The smallest absolute Gasteiger partial charge is 0.342 e. The Bertz CT molecular complexity index is 570. The fourth-order valence-corrected chi connectivity index (χ4v) is 2.09. The van der Waals surface area contributed by atoms with Crippen LogP contribution in [0.15, 0.2) is 24.3 Å². The van der Waals surface area contributed by atoms with Crippen LogP contribution >= 0.6 is 0 Å². The number of carbonyl (C=O) groups excluding carboxylic acids is 3. The molecule has 6 heteroatoms. The number of rotatable bonds is 3. The van der Waals surface area contributed by atoms with Crippen molar-refractivity contribution >= 4 is 23.3 Å². The molecule has 0 aromatic heterocycles. The topological polar surface area (TPSA) is 75.7 Å². The molecule has 1 aromatic carbocycles. The van der Waals surface area contributed by atoms with Crippen LogP contribution < -0.4 is 10.2 Å². The molecule has 0 fully saturated rings. The zero-order valence-corrected chi connectivity index (χ0v) is 11.5. The average molecular weight is 276 g/mol. The number of hydrogen-bond acceptors (Lipinski definition) is 5. The van der Waals surface area contributed by atoms with E-state index >= 15 is 0 Å². The number of hydrogen-bond donors (Lipinski definition) is 1. The molecule has 0 spiro atoms. The van der Waals surface area contributed by atoms with E-state index in [4.69, 9.17) is 4.74 Å². The number of likely N-dealkylation sites (N-methyl/N-ethyl adjacent to an activating group) is 1. The number of Topliss-reactive ketones (excluding diaryl/α,β-unsaturated/α-hetero) is 1. The summed E-state index contributed by atoms with van der Waals surface area (Å²) in [6.07, 6.45) is -1.10. The van der Waals surface area contributed by atoms with Crippen molar-refractivity contribution in [2.24, 2.45) is 0 Å². The van der Waals surface area contributed by atoms with E-state index in [-0.39, 0.29) is 11.3 Å². The highest BCUT2D eigenvalue weighted by Crippen LogP contribution is 2.27. The van der Waals surface area contributed by atoms with Gasteiger partial charge in [-0.2, -0.15) is 0 Å². The number of cyclic esters (lactones) is 1. The highest BCUT2D eigenvalue weighted by Gasteiger charge is 2.38. The van der Waals surface area contributed by atoms with Crippen LogP contribution in [0, 0.1) is 0 Å². The first-order chi connectivity index (χ1) is 9.47. The van der Waals surface area contributed by atoms with Crippen LogP contribution in [-0.4, -0.2) is 37.0 Å². The molecule has 106 valence electrons. The molecule has 1 amide bonds. The van der Waals surface area contributed by atoms with Gasteiger partial charge in [-0.05, 0) is 33.0 Å². The molecule has 1 N–H and O–H groups in total. The summed E-state index contributed by atoms with van der Waals surface area (Å²) in [5, 5.41) is 2.64. The minimum Gasteiger partial charge on any atom is -0.433 e. The Labute approximate surface area is 116 Å². The maximum atomic E-state index is 12.5. The van der Waals surface area contributed by atoms with Gasteiger partial charge in [-0.3, -0.25) is 19.8 Å². The van der Waals surface area contributed by atoms with Gasteiger partial charge in [0.05, 0.1) is 17.3 Å². The van der Waals surface area contributed by atoms with E-state index in [0.717, 1.165) is 0 Å². The van der Waals surface area contributed by atoms with Crippen LogP contribution in [0.3, 0.4) is 0 Å². The normalized spacial score (nSPS) is 19.9. The zero-order chi connectivity index (χ0) is 14.9. The Balaban J connectivity index is 2.59. The SMILES string of the molecule is CNC1OC(=O)c2ccccc2N(C(C)C(C)=O)C1=O. The Kier molecular flexibility index (Phi) is 3.85. The van der Waals surface area contributed by atoms with E-state index in [9.17, 15) is 14.4 Å². The summed E-state index contributed by atoms with van der Waals surface area (Å²) < 4.78 is 5.11. The number of ether oxygens (including phenoxy) is 1. The second-order valence-electron chi connectivity index (χ2n) is 4.59. The summed E-state index contributed by atoms with van der Waals surface area (Å²) in [7, 11) is 1.52. The maximum absolute atomic E-state index is 12.5. The van der Waals surface area contributed by atoms with Crippen LogP contribution in [0.2, 0.25) is 0 Å². The Morgan fingerprint density at radius 1 is 1.35 bits per heavy atom. The lowest BCUT2D eigenvalue weighted by Gasteiger charge is -2.28. The number of nitrogens with one attached hydrogen (secondary N) is 1. The van der Waals surface area contributed by atoms with Crippen LogP contribution in [0.5, 0.6) is 0 Å². The molecule has 0 saturated heterocycles. The number of amides is 1. The number of carbonyl (C=O) groups is 3. The number of ketones is 1. The van der Waals surface area contributed by atoms with Gasteiger partial charge in [-0.25, -0.2) is 4.79 Å². The van der Waals surface area contributed by atoms with Gasteiger partial charge < -0.3 is 4.74 Å². The molecule has 0 saturated carbocycles. The third-order valence-electron chi connectivity index (χ3n) is 3.31. The van der Waals surface area contributed by atoms with Crippen LogP contribution in [0.4, 0.5) is 5.69 Å². The zero-order valence-electron chi connectivity index (χ0n) is 11.5. The van der Waals surface area contributed by atoms with E-state index in [1.54, 1.807) is 31.2 Å². The van der Waals surface area contributed by atoms with Gasteiger partial charge in [0.1, 0.15) is 0 Å². The number of benzene rings is 1. The third-order valence-corrected chi connectivity index (χ3v) is 3.31. The molecule has 1 aliphatic rings.